The molecule has 6 nitrogen and oxygen atoms in total. The Labute approximate surface area is 114 Å². The van der Waals surface area contributed by atoms with Crippen LogP contribution in [0.5, 0.6) is 0 Å². The number of hydrogen-bond acceptors (Lipinski definition) is 3. The van der Waals surface area contributed by atoms with E-state index in [0.717, 1.165) is 6.42 Å². The lowest BCUT2D eigenvalue weighted by Crippen LogP contribution is -2.52. The summed E-state index contributed by atoms with van der Waals surface area (Å²) in [5.41, 5.74) is -0.832. The van der Waals surface area contributed by atoms with Crippen molar-refractivity contribution < 1.29 is 19.4 Å². The van der Waals surface area contributed by atoms with Gasteiger partial charge in [-0.1, -0.05) is 0 Å². The van der Waals surface area contributed by atoms with Crippen LogP contribution < -0.4 is 5.32 Å². The number of urea groups is 1. The van der Waals surface area contributed by atoms with Gasteiger partial charge in [-0.3, -0.25) is 4.79 Å². The Morgan fingerprint density at radius 3 is 2.79 bits per heavy atom. The summed E-state index contributed by atoms with van der Waals surface area (Å²) in [7, 11) is 0. The third-order valence-corrected chi connectivity index (χ3v) is 3.49. The van der Waals surface area contributed by atoms with Gasteiger partial charge in [0, 0.05) is 26.2 Å². The quantitative estimate of drug-likeness (QED) is 0.791. The topological polar surface area (TPSA) is 78.9 Å². The Morgan fingerprint density at radius 1 is 1.53 bits per heavy atom. The third-order valence-electron chi connectivity index (χ3n) is 3.49. The van der Waals surface area contributed by atoms with Gasteiger partial charge in [-0.25, -0.2) is 4.79 Å². The fraction of sp³-hybridized carbons (Fsp3) is 0.846. The van der Waals surface area contributed by atoms with E-state index in [9.17, 15) is 14.7 Å². The van der Waals surface area contributed by atoms with Gasteiger partial charge in [-0.2, -0.15) is 0 Å². The molecular formula is C13H24N2O4. The van der Waals surface area contributed by atoms with Crippen molar-refractivity contribution in [2.75, 3.05) is 26.2 Å². The zero-order chi connectivity index (χ0) is 14.5. The molecule has 0 aromatic heterocycles. The molecule has 1 rings (SSSR count). The number of piperidine rings is 1. The van der Waals surface area contributed by atoms with Crippen LogP contribution in [0, 0.1) is 5.41 Å². The first-order valence-electron chi connectivity index (χ1n) is 6.77. The van der Waals surface area contributed by atoms with Crippen LogP contribution in [0.2, 0.25) is 0 Å². The molecule has 110 valence electrons. The van der Waals surface area contributed by atoms with Crippen molar-refractivity contribution in [3.05, 3.63) is 0 Å². The van der Waals surface area contributed by atoms with Crippen LogP contribution in [0.1, 0.15) is 33.6 Å². The van der Waals surface area contributed by atoms with Crippen molar-refractivity contribution in [2.24, 2.45) is 5.41 Å². The molecule has 1 fully saturated rings. The summed E-state index contributed by atoms with van der Waals surface area (Å²) < 4.78 is 5.33. The van der Waals surface area contributed by atoms with Gasteiger partial charge >= 0.3 is 12.0 Å². The SMILES string of the molecule is CCOC(C)CNC(=O)N1CCCC(C)(C(=O)O)C1. The van der Waals surface area contributed by atoms with Gasteiger partial charge in [-0.15, -0.1) is 0 Å². The average Bonchev–Trinajstić information content (AvgIpc) is 2.36. The molecule has 0 aromatic rings. The van der Waals surface area contributed by atoms with Gasteiger partial charge in [0.05, 0.1) is 11.5 Å². The molecule has 0 radical (unpaired) electrons. The van der Waals surface area contributed by atoms with Crippen molar-refractivity contribution in [1.29, 1.82) is 0 Å². The number of carbonyl (C=O) groups is 2. The van der Waals surface area contributed by atoms with E-state index >= 15 is 0 Å². The van der Waals surface area contributed by atoms with Crippen LogP contribution in [0.25, 0.3) is 0 Å². The minimum Gasteiger partial charge on any atom is -0.481 e. The fourth-order valence-corrected chi connectivity index (χ4v) is 2.27. The number of likely N-dealkylation sites (tertiary alicyclic amines) is 1. The zero-order valence-corrected chi connectivity index (χ0v) is 11.9. The molecule has 1 aliphatic heterocycles. The highest BCUT2D eigenvalue weighted by Gasteiger charge is 2.39. The number of hydrogen-bond donors (Lipinski definition) is 2. The number of carboxylic acid groups (broad SMARTS) is 1. The Bertz CT molecular complexity index is 335. The summed E-state index contributed by atoms with van der Waals surface area (Å²) in [6, 6.07) is -0.210. The highest BCUT2D eigenvalue weighted by Crippen LogP contribution is 2.29. The van der Waals surface area contributed by atoms with Gasteiger partial charge in [0.2, 0.25) is 0 Å². The van der Waals surface area contributed by atoms with Gasteiger partial charge in [0.25, 0.3) is 0 Å². The van der Waals surface area contributed by atoms with E-state index in [1.54, 1.807) is 11.8 Å². The number of amides is 2. The molecule has 1 heterocycles. The molecule has 2 atom stereocenters. The highest BCUT2D eigenvalue weighted by atomic mass is 16.5. The molecule has 0 saturated carbocycles. The maximum Gasteiger partial charge on any atom is 0.317 e. The van der Waals surface area contributed by atoms with Crippen molar-refractivity contribution in [1.82, 2.24) is 10.2 Å². The van der Waals surface area contributed by atoms with Crippen molar-refractivity contribution in [3.8, 4) is 0 Å². The van der Waals surface area contributed by atoms with E-state index in [1.807, 2.05) is 13.8 Å². The number of nitrogens with one attached hydrogen (secondary N) is 1. The van der Waals surface area contributed by atoms with Gasteiger partial charge in [-0.05, 0) is 33.6 Å². The van der Waals surface area contributed by atoms with E-state index in [-0.39, 0.29) is 18.7 Å². The predicted octanol–water partition coefficient (Wildman–Crippen LogP) is 1.31. The van der Waals surface area contributed by atoms with Crippen LogP contribution in [-0.4, -0.2) is 54.4 Å². The first-order valence-corrected chi connectivity index (χ1v) is 6.77. The van der Waals surface area contributed by atoms with Crippen LogP contribution in [-0.2, 0) is 9.53 Å². The second-order valence-electron chi connectivity index (χ2n) is 5.34. The summed E-state index contributed by atoms with van der Waals surface area (Å²) in [6.45, 7) is 7.40. The normalized spacial score (nSPS) is 24.9. The summed E-state index contributed by atoms with van der Waals surface area (Å²) in [5.74, 6) is -0.840. The van der Waals surface area contributed by atoms with E-state index < -0.39 is 11.4 Å². The molecule has 2 N–H and O–H groups in total. The Hall–Kier alpha value is -1.30. The monoisotopic (exact) mass is 272 g/mol. The summed E-state index contributed by atoms with van der Waals surface area (Å²) in [4.78, 5) is 24.8. The van der Waals surface area contributed by atoms with Gasteiger partial charge in [0.15, 0.2) is 0 Å². The van der Waals surface area contributed by atoms with E-state index in [4.69, 9.17) is 4.74 Å². The van der Waals surface area contributed by atoms with Crippen molar-refractivity contribution in [3.63, 3.8) is 0 Å². The minimum atomic E-state index is -0.840. The molecule has 2 amide bonds. The molecule has 0 spiro atoms. The smallest absolute Gasteiger partial charge is 0.317 e. The maximum absolute atomic E-state index is 12.0. The molecule has 0 aromatic carbocycles. The summed E-state index contributed by atoms with van der Waals surface area (Å²) >= 11 is 0. The lowest BCUT2D eigenvalue weighted by Gasteiger charge is -2.37. The van der Waals surface area contributed by atoms with E-state index in [2.05, 4.69) is 5.32 Å². The lowest BCUT2D eigenvalue weighted by molar-refractivity contribution is -0.150. The first kappa shape index (κ1) is 15.8. The first-order chi connectivity index (χ1) is 8.89. The average molecular weight is 272 g/mol. The Balaban J connectivity index is 2.46. The molecule has 0 bridgehead atoms. The van der Waals surface area contributed by atoms with E-state index in [0.29, 0.717) is 26.1 Å². The fourth-order valence-electron chi connectivity index (χ4n) is 2.27. The number of aliphatic carboxylic acids is 1. The molecular weight excluding hydrogens is 248 g/mol. The number of ether oxygens (including phenoxy) is 1. The highest BCUT2D eigenvalue weighted by molar-refractivity contribution is 5.78. The maximum atomic E-state index is 12.0. The molecule has 19 heavy (non-hydrogen) atoms. The second-order valence-corrected chi connectivity index (χ2v) is 5.34. The van der Waals surface area contributed by atoms with E-state index in [1.165, 1.54) is 0 Å². The number of rotatable bonds is 5. The standard InChI is InChI=1S/C13H24N2O4/c1-4-19-10(2)8-14-12(18)15-7-5-6-13(3,9-15)11(16)17/h10H,4-9H2,1-3H3,(H,14,18)(H,16,17). The van der Waals surface area contributed by atoms with Gasteiger partial charge in [0.1, 0.15) is 0 Å². The van der Waals surface area contributed by atoms with Crippen molar-refractivity contribution >= 4 is 12.0 Å². The summed E-state index contributed by atoms with van der Waals surface area (Å²) in [6.07, 6.45) is 1.29. The minimum absolute atomic E-state index is 0.0374. The van der Waals surface area contributed by atoms with Gasteiger partial charge < -0.3 is 20.1 Å². The van der Waals surface area contributed by atoms with Crippen LogP contribution in [0.15, 0.2) is 0 Å². The number of nitrogens with zero attached hydrogens (tertiary/aromatic N) is 1. The van der Waals surface area contributed by atoms with Crippen LogP contribution >= 0.6 is 0 Å². The summed E-state index contributed by atoms with van der Waals surface area (Å²) in [5, 5.41) is 12.0. The van der Waals surface area contributed by atoms with Crippen LogP contribution in [0.3, 0.4) is 0 Å². The second kappa shape index (κ2) is 6.75. The molecule has 6 heteroatoms. The molecule has 0 aliphatic carbocycles. The predicted molar refractivity (Wildman–Crippen MR) is 71.0 cm³/mol. The van der Waals surface area contributed by atoms with Crippen LogP contribution in [0.4, 0.5) is 4.79 Å². The third kappa shape index (κ3) is 4.38. The molecule has 2 unspecified atom stereocenters. The zero-order valence-electron chi connectivity index (χ0n) is 11.9. The Kier molecular flexibility index (Phi) is 5.60. The number of carboxylic acids is 1. The molecule has 1 saturated heterocycles. The Morgan fingerprint density at radius 2 is 2.21 bits per heavy atom. The lowest BCUT2D eigenvalue weighted by atomic mass is 9.82. The largest absolute Gasteiger partial charge is 0.481 e. The molecule has 1 aliphatic rings. The number of carbonyl (C=O) groups excluding carboxylic acids is 1. The van der Waals surface area contributed by atoms with Crippen molar-refractivity contribution in [2.45, 2.75) is 39.7 Å².